The number of carbonyl (C=O) groups is 1. The highest BCUT2D eigenvalue weighted by Gasteiger charge is 2.11. The van der Waals surface area contributed by atoms with Crippen LogP contribution in [0.5, 0.6) is 0 Å². The molecule has 118 valence electrons. The van der Waals surface area contributed by atoms with Crippen LogP contribution in [0.2, 0.25) is 0 Å². The second-order valence-electron chi connectivity index (χ2n) is 5.43. The monoisotopic (exact) mass is 334 g/mol. The van der Waals surface area contributed by atoms with Gasteiger partial charge in [-0.2, -0.15) is 0 Å². The molecule has 0 unspecified atom stereocenters. The normalized spacial score (nSPS) is 10.9. The van der Waals surface area contributed by atoms with Gasteiger partial charge in [-0.25, -0.2) is 4.98 Å². The third-order valence-electron chi connectivity index (χ3n) is 3.65. The summed E-state index contributed by atoms with van der Waals surface area (Å²) in [6, 6.07) is 19.2. The number of thiazole rings is 1. The number of furan rings is 1. The van der Waals surface area contributed by atoms with Crippen LogP contribution in [0.4, 0.5) is 5.69 Å². The van der Waals surface area contributed by atoms with Gasteiger partial charge in [0.25, 0.3) is 5.91 Å². The minimum absolute atomic E-state index is 0.254. The van der Waals surface area contributed by atoms with Crippen molar-refractivity contribution in [3.05, 3.63) is 72.2 Å². The number of aromatic nitrogens is 1. The first kappa shape index (κ1) is 14.7. The Bertz CT molecular complexity index is 982. The Morgan fingerprint density at radius 3 is 2.54 bits per heavy atom. The summed E-state index contributed by atoms with van der Waals surface area (Å²) in [6.07, 6.45) is 0. The SMILES string of the molecule is Cc1ccc(C(=O)Nc2ccc(-c3nc4ccccc4s3)cc2)o1. The molecular weight excluding hydrogens is 320 g/mol. The number of anilines is 1. The Hall–Kier alpha value is -2.92. The molecule has 0 saturated carbocycles. The number of para-hydroxylation sites is 1. The lowest BCUT2D eigenvalue weighted by Crippen LogP contribution is -2.10. The average Bonchev–Trinajstić information content (AvgIpc) is 3.21. The van der Waals surface area contributed by atoms with Gasteiger partial charge in [-0.15, -0.1) is 11.3 Å². The first-order valence-electron chi connectivity index (χ1n) is 7.53. The Balaban J connectivity index is 1.55. The van der Waals surface area contributed by atoms with E-state index in [2.05, 4.69) is 16.4 Å². The highest BCUT2D eigenvalue weighted by Crippen LogP contribution is 2.30. The Morgan fingerprint density at radius 2 is 1.83 bits per heavy atom. The fourth-order valence-electron chi connectivity index (χ4n) is 2.44. The number of rotatable bonds is 3. The summed E-state index contributed by atoms with van der Waals surface area (Å²) in [5.74, 6) is 0.768. The van der Waals surface area contributed by atoms with Crippen LogP contribution >= 0.6 is 11.3 Å². The van der Waals surface area contributed by atoms with Crippen LogP contribution in [0.3, 0.4) is 0 Å². The van der Waals surface area contributed by atoms with Crippen molar-refractivity contribution in [3.8, 4) is 10.6 Å². The number of hydrogen-bond acceptors (Lipinski definition) is 4. The third kappa shape index (κ3) is 2.81. The average molecular weight is 334 g/mol. The quantitative estimate of drug-likeness (QED) is 0.566. The van der Waals surface area contributed by atoms with Gasteiger partial charge in [0.1, 0.15) is 10.8 Å². The predicted octanol–water partition coefficient (Wildman–Crippen LogP) is 5.12. The highest BCUT2D eigenvalue weighted by molar-refractivity contribution is 7.21. The van der Waals surface area contributed by atoms with Crippen molar-refractivity contribution in [2.75, 3.05) is 5.32 Å². The summed E-state index contributed by atoms with van der Waals surface area (Å²) in [7, 11) is 0. The molecule has 2 aromatic carbocycles. The smallest absolute Gasteiger partial charge is 0.291 e. The van der Waals surface area contributed by atoms with E-state index in [9.17, 15) is 4.79 Å². The Labute approximate surface area is 142 Å². The van der Waals surface area contributed by atoms with Crippen molar-refractivity contribution in [1.29, 1.82) is 0 Å². The molecule has 4 rings (SSSR count). The number of amides is 1. The summed E-state index contributed by atoms with van der Waals surface area (Å²) in [5, 5.41) is 3.80. The standard InChI is InChI=1S/C19H14N2O2S/c1-12-6-11-16(23-12)18(22)20-14-9-7-13(8-10-14)19-21-15-4-2-3-5-17(15)24-19/h2-11H,1H3,(H,20,22). The van der Waals surface area contributed by atoms with E-state index in [1.807, 2.05) is 49.4 Å². The largest absolute Gasteiger partial charge is 0.456 e. The molecule has 24 heavy (non-hydrogen) atoms. The number of carbonyl (C=O) groups excluding carboxylic acids is 1. The second kappa shape index (κ2) is 5.94. The lowest BCUT2D eigenvalue weighted by atomic mass is 10.2. The fraction of sp³-hybridized carbons (Fsp3) is 0.0526. The van der Waals surface area contributed by atoms with Gasteiger partial charge in [-0.1, -0.05) is 12.1 Å². The van der Waals surface area contributed by atoms with E-state index < -0.39 is 0 Å². The maximum absolute atomic E-state index is 12.1. The van der Waals surface area contributed by atoms with Gasteiger partial charge < -0.3 is 9.73 Å². The molecule has 2 heterocycles. The molecule has 0 atom stereocenters. The molecule has 0 saturated heterocycles. The van der Waals surface area contributed by atoms with Crippen molar-refractivity contribution in [1.82, 2.24) is 4.98 Å². The predicted molar refractivity (Wildman–Crippen MR) is 96.5 cm³/mol. The number of fused-ring (bicyclic) bond motifs is 1. The van der Waals surface area contributed by atoms with E-state index in [1.54, 1.807) is 23.5 Å². The second-order valence-corrected chi connectivity index (χ2v) is 6.46. The van der Waals surface area contributed by atoms with E-state index in [0.29, 0.717) is 11.5 Å². The summed E-state index contributed by atoms with van der Waals surface area (Å²) in [5.41, 5.74) is 2.75. The number of hydrogen-bond donors (Lipinski definition) is 1. The molecule has 1 N–H and O–H groups in total. The number of nitrogens with one attached hydrogen (secondary N) is 1. The molecule has 0 spiro atoms. The van der Waals surface area contributed by atoms with Gasteiger partial charge in [0, 0.05) is 11.3 Å². The molecule has 4 aromatic rings. The Morgan fingerprint density at radius 1 is 1.04 bits per heavy atom. The zero-order chi connectivity index (χ0) is 16.5. The summed E-state index contributed by atoms with van der Waals surface area (Å²) in [6.45, 7) is 1.81. The number of nitrogens with zero attached hydrogens (tertiary/aromatic N) is 1. The first-order chi connectivity index (χ1) is 11.7. The van der Waals surface area contributed by atoms with Gasteiger partial charge in [0.15, 0.2) is 5.76 Å². The summed E-state index contributed by atoms with van der Waals surface area (Å²) >= 11 is 1.66. The minimum Gasteiger partial charge on any atom is -0.456 e. The lowest BCUT2D eigenvalue weighted by Gasteiger charge is -2.04. The van der Waals surface area contributed by atoms with E-state index in [-0.39, 0.29) is 5.91 Å². The zero-order valence-corrected chi connectivity index (χ0v) is 13.8. The van der Waals surface area contributed by atoms with Gasteiger partial charge in [-0.05, 0) is 55.5 Å². The van der Waals surface area contributed by atoms with E-state index in [0.717, 1.165) is 26.5 Å². The van der Waals surface area contributed by atoms with Crippen LogP contribution in [0.25, 0.3) is 20.8 Å². The van der Waals surface area contributed by atoms with Gasteiger partial charge in [0.2, 0.25) is 0 Å². The highest BCUT2D eigenvalue weighted by atomic mass is 32.1. The van der Waals surface area contributed by atoms with E-state index >= 15 is 0 Å². The maximum Gasteiger partial charge on any atom is 0.291 e. The Kier molecular flexibility index (Phi) is 3.63. The molecule has 0 bridgehead atoms. The van der Waals surface area contributed by atoms with E-state index in [4.69, 9.17) is 4.42 Å². The lowest BCUT2D eigenvalue weighted by molar-refractivity contribution is 0.0995. The molecular formula is C19H14N2O2S. The van der Waals surface area contributed by atoms with Crippen LogP contribution in [0.1, 0.15) is 16.3 Å². The van der Waals surface area contributed by atoms with Gasteiger partial charge >= 0.3 is 0 Å². The molecule has 4 nitrogen and oxygen atoms in total. The van der Waals surface area contributed by atoms with Crippen LogP contribution in [-0.4, -0.2) is 10.9 Å². The molecule has 0 aliphatic carbocycles. The van der Waals surface area contributed by atoms with Crippen molar-refractivity contribution in [3.63, 3.8) is 0 Å². The van der Waals surface area contributed by atoms with Crippen molar-refractivity contribution < 1.29 is 9.21 Å². The van der Waals surface area contributed by atoms with Crippen LogP contribution in [-0.2, 0) is 0 Å². The molecule has 5 heteroatoms. The maximum atomic E-state index is 12.1. The topological polar surface area (TPSA) is 55.1 Å². The number of aryl methyl sites for hydroxylation is 1. The van der Waals surface area contributed by atoms with Crippen LogP contribution in [0.15, 0.2) is 65.1 Å². The van der Waals surface area contributed by atoms with Crippen LogP contribution in [0, 0.1) is 6.92 Å². The molecule has 0 aliphatic heterocycles. The molecule has 0 radical (unpaired) electrons. The molecule has 2 aromatic heterocycles. The van der Waals surface area contributed by atoms with E-state index in [1.165, 1.54) is 0 Å². The first-order valence-corrected chi connectivity index (χ1v) is 8.34. The molecule has 0 aliphatic rings. The van der Waals surface area contributed by atoms with Gasteiger partial charge in [-0.3, -0.25) is 4.79 Å². The third-order valence-corrected chi connectivity index (χ3v) is 4.73. The van der Waals surface area contributed by atoms with Gasteiger partial charge in [0.05, 0.1) is 10.2 Å². The minimum atomic E-state index is -0.254. The fourth-order valence-corrected chi connectivity index (χ4v) is 3.41. The molecule has 0 fully saturated rings. The zero-order valence-electron chi connectivity index (χ0n) is 12.9. The summed E-state index contributed by atoms with van der Waals surface area (Å²) < 4.78 is 6.49. The van der Waals surface area contributed by atoms with Crippen molar-refractivity contribution in [2.45, 2.75) is 6.92 Å². The van der Waals surface area contributed by atoms with Crippen LogP contribution < -0.4 is 5.32 Å². The van der Waals surface area contributed by atoms with Crippen molar-refractivity contribution in [2.24, 2.45) is 0 Å². The summed E-state index contributed by atoms with van der Waals surface area (Å²) in [4.78, 5) is 16.7. The van der Waals surface area contributed by atoms with Crippen molar-refractivity contribution >= 4 is 33.1 Å². The number of benzene rings is 2. The molecule has 1 amide bonds.